The molecule has 1 aromatic rings. The molecule has 2 heterocycles. The fourth-order valence-electron chi connectivity index (χ4n) is 4.71. The molecule has 25 heavy (non-hydrogen) atoms. The number of hydrogen-bond acceptors (Lipinski definition) is 3. The Labute approximate surface area is 148 Å². The van der Waals surface area contributed by atoms with Crippen molar-refractivity contribution in [2.45, 2.75) is 51.5 Å². The Morgan fingerprint density at radius 2 is 1.76 bits per heavy atom. The number of fused-ring (bicyclic) bond motifs is 1. The summed E-state index contributed by atoms with van der Waals surface area (Å²) in [7, 11) is 0. The molecule has 0 bridgehead atoms. The van der Waals surface area contributed by atoms with Crippen LogP contribution in [0.1, 0.15) is 64.8 Å². The van der Waals surface area contributed by atoms with Gasteiger partial charge in [0.1, 0.15) is 6.54 Å². The van der Waals surface area contributed by atoms with E-state index in [0.29, 0.717) is 23.1 Å². The number of benzene rings is 1. The quantitative estimate of drug-likeness (QED) is 0.795. The molecule has 5 nitrogen and oxygen atoms in total. The van der Waals surface area contributed by atoms with E-state index in [9.17, 15) is 14.4 Å². The summed E-state index contributed by atoms with van der Waals surface area (Å²) in [6, 6.07) is 5.54. The summed E-state index contributed by atoms with van der Waals surface area (Å²) in [4.78, 5) is 41.0. The fourth-order valence-corrected chi connectivity index (χ4v) is 4.71. The van der Waals surface area contributed by atoms with Crippen molar-refractivity contribution in [2.24, 2.45) is 5.92 Å². The van der Waals surface area contributed by atoms with Crippen molar-refractivity contribution >= 4 is 17.7 Å². The highest BCUT2D eigenvalue weighted by molar-refractivity contribution is 6.22. The van der Waals surface area contributed by atoms with Gasteiger partial charge in [-0.1, -0.05) is 24.5 Å². The number of aryl methyl sites for hydroxylation is 1. The van der Waals surface area contributed by atoms with Crippen LogP contribution in [0.15, 0.2) is 18.2 Å². The maximum Gasteiger partial charge on any atom is 0.262 e. The molecule has 132 valence electrons. The molecular weight excluding hydrogens is 316 g/mol. The number of carbonyl (C=O) groups is 3. The third kappa shape index (κ3) is 2.75. The predicted molar refractivity (Wildman–Crippen MR) is 93.2 cm³/mol. The van der Waals surface area contributed by atoms with Gasteiger partial charge in [0.05, 0.1) is 11.1 Å². The molecule has 0 aromatic heterocycles. The number of hydrogen-bond donors (Lipinski definition) is 0. The van der Waals surface area contributed by atoms with Crippen LogP contribution in [-0.4, -0.2) is 46.7 Å². The summed E-state index contributed by atoms with van der Waals surface area (Å²) in [5, 5.41) is 0. The van der Waals surface area contributed by atoms with E-state index in [2.05, 4.69) is 0 Å². The third-order valence-corrected chi connectivity index (χ3v) is 5.98. The first-order chi connectivity index (χ1) is 12.1. The lowest BCUT2D eigenvalue weighted by Gasteiger charge is -2.30. The van der Waals surface area contributed by atoms with Crippen molar-refractivity contribution in [2.75, 3.05) is 13.1 Å². The molecule has 0 unspecified atom stereocenters. The summed E-state index contributed by atoms with van der Waals surface area (Å²) < 4.78 is 0. The molecule has 5 heteroatoms. The average Bonchev–Trinajstić information content (AvgIpc) is 3.31. The SMILES string of the molecule is Cc1ccc2c(c1)C(=O)N(CC(=O)N1CCC[C@@H]1C1CCCC1)C2=O. The minimum absolute atomic E-state index is 0.0828. The van der Waals surface area contributed by atoms with Gasteiger partial charge in [-0.25, -0.2) is 0 Å². The predicted octanol–water partition coefficient (Wildman–Crippen LogP) is 2.77. The Kier molecular flexibility index (Phi) is 4.10. The van der Waals surface area contributed by atoms with Crippen molar-refractivity contribution < 1.29 is 14.4 Å². The molecule has 3 aliphatic rings. The number of rotatable bonds is 3. The van der Waals surface area contributed by atoms with E-state index in [-0.39, 0.29) is 24.3 Å². The lowest BCUT2D eigenvalue weighted by molar-refractivity contribution is -0.133. The molecule has 1 saturated heterocycles. The van der Waals surface area contributed by atoms with Crippen LogP contribution in [0.5, 0.6) is 0 Å². The Bertz CT molecular complexity index is 736. The van der Waals surface area contributed by atoms with Crippen molar-refractivity contribution in [3.05, 3.63) is 34.9 Å². The number of likely N-dealkylation sites (tertiary alicyclic amines) is 1. The molecule has 2 aliphatic heterocycles. The molecule has 1 saturated carbocycles. The van der Waals surface area contributed by atoms with Crippen molar-refractivity contribution in [1.82, 2.24) is 9.80 Å². The number of imide groups is 1. The molecule has 2 fully saturated rings. The van der Waals surface area contributed by atoms with Crippen LogP contribution in [-0.2, 0) is 4.79 Å². The second-order valence-corrected chi connectivity index (χ2v) is 7.59. The van der Waals surface area contributed by atoms with Gasteiger partial charge in [-0.2, -0.15) is 0 Å². The van der Waals surface area contributed by atoms with E-state index in [1.54, 1.807) is 12.1 Å². The van der Waals surface area contributed by atoms with Gasteiger partial charge in [-0.15, -0.1) is 0 Å². The number of carbonyl (C=O) groups excluding carboxylic acids is 3. The Morgan fingerprint density at radius 1 is 1.04 bits per heavy atom. The minimum atomic E-state index is -0.343. The first-order valence-electron chi connectivity index (χ1n) is 9.32. The highest BCUT2D eigenvalue weighted by atomic mass is 16.2. The number of nitrogens with zero attached hydrogens (tertiary/aromatic N) is 2. The molecule has 0 spiro atoms. The van der Waals surface area contributed by atoms with E-state index in [4.69, 9.17) is 0 Å². The zero-order valence-corrected chi connectivity index (χ0v) is 14.7. The average molecular weight is 340 g/mol. The van der Waals surface area contributed by atoms with E-state index in [1.165, 1.54) is 25.7 Å². The van der Waals surface area contributed by atoms with Crippen LogP contribution < -0.4 is 0 Å². The van der Waals surface area contributed by atoms with Gasteiger partial charge in [0, 0.05) is 12.6 Å². The van der Waals surface area contributed by atoms with Crippen molar-refractivity contribution in [1.29, 1.82) is 0 Å². The normalized spacial score (nSPS) is 23.6. The highest BCUT2D eigenvalue weighted by Gasteiger charge is 2.40. The second-order valence-electron chi connectivity index (χ2n) is 7.59. The van der Waals surface area contributed by atoms with Crippen LogP contribution in [0, 0.1) is 12.8 Å². The second kappa shape index (κ2) is 6.28. The van der Waals surface area contributed by atoms with Crippen LogP contribution in [0.2, 0.25) is 0 Å². The van der Waals surface area contributed by atoms with E-state index >= 15 is 0 Å². The standard InChI is InChI=1S/C20H24N2O3/c1-13-8-9-15-16(11-13)20(25)22(19(15)24)12-18(23)21-10-4-7-17(21)14-5-2-3-6-14/h8-9,11,14,17H,2-7,10,12H2,1H3/t17-/m1/s1. The van der Waals surface area contributed by atoms with Gasteiger partial charge < -0.3 is 4.90 Å². The zero-order chi connectivity index (χ0) is 17.6. The van der Waals surface area contributed by atoms with E-state index < -0.39 is 0 Å². The van der Waals surface area contributed by atoms with Gasteiger partial charge in [0.15, 0.2) is 0 Å². The molecule has 1 aliphatic carbocycles. The van der Waals surface area contributed by atoms with E-state index in [1.807, 2.05) is 17.9 Å². The molecule has 1 atom stereocenters. The fraction of sp³-hybridized carbons (Fsp3) is 0.550. The highest BCUT2D eigenvalue weighted by Crippen LogP contribution is 2.35. The van der Waals surface area contributed by atoms with E-state index in [0.717, 1.165) is 29.8 Å². The molecule has 3 amide bonds. The van der Waals surface area contributed by atoms with Gasteiger partial charge in [0.2, 0.25) is 5.91 Å². The van der Waals surface area contributed by atoms with Gasteiger partial charge in [-0.3, -0.25) is 19.3 Å². The molecule has 0 radical (unpaired) electrons. The van der Waals surface area contributed by atoms with Crippen molar-refractivity contribution in [3.63, 3.8) is 0 Å². The zero-order valence-electron chi connectivity index (χ0n) is 14.7. The Hall–Kier alpha value is -2.17. The topological polar surface area (TPSA) is 57.7 Å². The first kappa shape index (κ1) is 16.3. The first-order valence-corrected chi connectivity index (χ1v) is 9.32. The summed E-state index contributed by atoms with van der Waals surface area (Å²) in [5.74, 6) is -0.171. The van der Waals surface area contributed by atoms with Crippen LogP contribution in [0.3, 0.4) is 0 Å². The maximum absolute atomic E-state index is 12.9. The van der Waals surface area contributed by atoms with Gasteiger partial charge in [0.25, 0.3) is 11.8 Å². The molecule has 1 aromatic carbocycles. The number of amides is 3. The monoisotopic (exact) mass is 340 g/mol. The summed E-state index contributed by atoms with van der Waals surface area (Å²) >= 11 is 0. The van der Waals surface area contributed by atoms with Crippen LogP contribution in [0.4, 0.5) is 0 Å². The van der Waals surface area contributed by atoms with Crippen LogP contribution in [0.25, 0.3) is 0 Å². The van der Waals surface area contributed by atoms with Gasteiger partial charge in [-0.05, 0) is 50.7 Å². The van der Waals surface area contributed by atoms with Gasteiger partial charge >= 0.3 is 0 Å². The molecule has 4 rings (SSSR count). The minimum Gasteiger partial charge on any atom is -0.338 e. The third-order valence-electron chi connectivity index (χ3n) is 5.98. The van der Waals surface area contributed by atoms with Crippen LogP contribution >= 0.6 is 0 Å². The summed E-state index contributed by atoms with van der Waals surface area (Å²) in [6.45, 7) is 2.51. The lowest BCUT2D eigenvalue weighted by atomic mass is 9.96. The molecular formula is C20H24N2O3. The van der Waals surface area contributed by atoms with Crippen molar-refractivity contribution in [3.8, 4) is 0 Å². The Balaban J connectivity index is 1.49. The maximum atomic E-state index is 12.9. The smallest absolute Gasteiger partial charge is 0.262 e. The molecule has 0 N–H and O–H groups in total. The lowest BCUT2D eigenvalue weighted by Crippen LogP contribution is -2.46. The Morgan fingerprint density at radius 3 is 2.52 bits per heavy atom. The summed E-state index contributed by atoms with van der Waals surface area (Å²) in [6.07, 6.45) is 6.97. The largest absolute Gasteiger partial charge is 0.338 e. The summed E-state index contributed by atoms with van der Waals surface area (Å²) in [5.41, 5.74) is 1.78.